The molecular weight excluding hydrogens is 514 g/mol. The number of rotatable bonds is 3. The van der Waals surface area contributed by atoms with Crippen molar-refractivity contribution in [2.24, 2.45) is 0 Å². The highest BCUT2D eigenvalue weighted by Gasteiger charge is 2.29. The number of hydrogen-bond acceptors (Lipinski definition) is 6. The van der Waals surface area contributed by atoms with E-state index in [0.717, 1.165) is 79.1 Å². The van der Waals surface area contributed by atoms with Crippen molar-refractivity contribution < 1.29 is 9.59 Å². The maximum atomic E-state index is 12.8. The van der Waals surface area contributed by atoms with Gasteiger partial charge < -0.3 is 16.4 Å². The first kappa shape index (κ1) is 26.7. The van der Waals surface area contributed by atoms with Crippen LogP contribution in [-0.2, 0) is 4.79 Å². The topological polar surface area (TPSA) is 128 Å². The van der Waals surface area contributed by atoms with Crippen molar-refractivity contribution in [1.29, 1.82) is 0 Å². The lowest BCUT2D eigenvalue weighted by Crippen LogP contribution is -2.39. The zero-order valence-electron chi connectivity index (χ0n) is 23.1. The summed E-state index contributed by atoms with van der Waals surface area (Å²) in [7, 11) is 0. The molecule has 2 aliphatic rings. The zero-order valence-corrected chi connectivity index (χ0v) is 23.1. The van der Waals surface area contributed by atoms with Gasteiger partial charge in [-0.15, -0.1) is 0 Å². The van der Waals surface area contributed by atoms with Gasteiger partial charge in [0.05, 0.1) is 16.9 Å². The molecule has 1 aliphatic carbocycles. The van der Waals surface area contributed by atoms with Gasteiger partial charge in [0.25, 0.3) is 5.91 Å². The minimum absolute atomic E-state index is 0.118. The smallest absolute Gasteiger partial charge is 0.256 e. The van der Waals surface area contributed by atoms with Crippen LogP contribution in [0.3, 0.4) is 0 Å². The van der Waals surface area contributed by atoms with E-state index in [4.69, 9.17) is 10.8 Å². The van der Waals surface area contributed by atoms with E-state index in [2.05, 4.69) is 37.4 Å². The minimum atomic E-state index is -0.234. The van der Waals surface area contributed by atoms with Gasteiger partial charge >= 0.3 is 0 Å². The zero-order chi connectivity index (χ0) is 28.2. The number of anilines is 2. The average Bonchev–Trinajstić information content (AvgIpc) is 3.40. The van der Waals surface area contributed by atoms with Gasteiger partial charge in [0.1, 0.15) is 17.3 Å². The third kappa shape index (κ3) is 5.84. The number of carbonyl (C=O) groups excluding carboxylic acids is 2. The molecule has 0 radical (unpaired) electrons. The Morgan fingerprint density at radius 2 is 1.90 bits per heavy atom. The molecule has 0 spiro atoms. The lowest BCUT2D eigenvalue weighted by atomic mass is 9.90. The molecule has 1 aromatic carbocycles. The molecule has 0 saturated heterocycles. The third-order valence-electron chi connectivity index (χ3n) is 8.04. The van der Waals surface area contributed by atoms with Gasteiger partial charge in [0.2, 0.25) is 5.91 Å². The van der Waals surface area contributed by atoms with Crippen LogP contribution in [0.2, 0.25) is 0 Å². The molecule has 1 aliphatic heterocycles. The standard InChI is InChI=1S/C32H35N7O2/c33-31-28-29(21-14-16-22(17-15-21)32(41)37-26-12-6-7-18-34-26)38-39-25-11-8-10-24(19-25)36-27(40)13-5-3-1-2-4-9-23(20-35-31)30(28)39/h4,6-7,9,12,14-18,20,24-25H,1-3,5,8,10-11,13,19H2,(H2,33,35)(H,36,40)(H,34,37,41)/t24-,25-/m1/s1. The number of nitrogens with two attached hydrogens (primary N) is 1. The molecular formula is C32H35N7O2. The fourth-order valence-electron chi connectivity index (χ4n) is 5.96. The molecule has 1 fully saturated rings. The van der Waals surface area contributed by atoms with Gasteiger partial charge in [0.15, 0.2) is 0 Å². The van der Waals surface area contributed by atoms with Crippen molar-refractivity contribution >= 4 is 40.4 Å². The first-order chi connectivity index (χ1) is 20.1. The van der Waals surface area contributed by atoms with Crippen LogP contribution >= 0.6 is 0 Å². The van der Waals surface area contributed by atoms with Crippen molar-refractivity contribution in [2.45, 2.75) is 69.9 Å². The summed E-state index contributed by atoms with van der Waals surface area (Å²) in [6, 6.07) is 13.0. The van der Waals surface area contributed by atoms with Gasteiger partial charge in [-0.25, -0.2) is 9.97 Å². The van der Waals surface area contributed by atoms with Crippen molar-refractivity contribution in [1.82, 2.24) is 25.1 Å². The number of benzene rings is 1. The van der Waals surface area contributed by atoms with E-state index in [9.17, 15) is 9.59 Å². The Balaban J connectivity index is 1.39. The molecule has 3 aromatic heterocycles. The van der Waals surface area contributed by atoms with Crippen molar-refractivity contribution in [3.63, 3.8) is 0 Å². The number of amides is 2. The van der Waals surface area contributed by atoms with Crippen LogP contribution in [0.1, 0.15) is 79.8 Å². The predicted octanol–water partition coefficient (Wildman–Crippen LogP) is 5.91. The largest absolute Gasteiger partial charge is 0.383 e. The maximum absolute atomic E-state index is 12.8. The lowest BCUT2D eigenvalue weighted by Gasteiger charge is -2.30. The predicted molar refractivity (Wildman–Crippen MR) is 161 cm³/mol. The highest BCUT2D eigenvalue weighted by atomic mass is 16.2. The Hall–Kier alpha value is -4.53. The van der Waals surface area contributed by atoms with E-state index >= 15 is 0 Å². The molecule has 210 valence electrons. The normalized spacial score (nSPS) is 19.7. The first-order valence-electron chi connectivity index (χ1n) is 14.5. The number of pyridine rings is 2. The van der Waals surface area contributed by atoms with Crippen LogP contribution in [-0.4, -0.2) is 37.6 Å². The first-order valence-corrected chi connectivity index (χ1v) is 14.5. The molecule has 2 bridgehead atoms. The second-order valence-electron chi connectivity index (χ2n) is 10.9. The molecule has 41 heavy (non-hydrogen) atoms. The summed E-state index contributed by atoms with van der Waals surface area (Å²) < 4.78 is 2.11. The summed E-state index contributed by atoms with van der Waals surface area (Å²) in [5.74, 6) is 0.837. The van der Waals surface area contributed by atoms with E-state index in [-0.39, 0.29) is 23.9 Å². The molecule has 4 N–H and O–H groups in total. The van der Waals surface area contributed by atoms with Crippen LogP contribution < -0.4 is 16.4 Å². The van der Waals surface area contributed by atoms with E-state index in [1.807, 2.05) is 24.4 Å². The highest BCUT2D eigenvalue weighted by Crippen LogP contribution is 2.39. The van der Waals surface area contributed by atoms with Gasteiger partial charge in [-0.1, -0.05) is 36.8 Å². The van der Waals surface area contributed by atoms with Gasteiger partial charge in [-0.2, -0.15) is 5.10 Å². The second-order valence-corrected chi connectivity index (χ2v) is 10.9. The number of hydrogen-bond donors (Lipinski definition) is 3. The molecule has 1 saturated carbocycles. The molecule has 2 amide bonds. The lowest BCUT2D eigenvalue weighted by molar-refractivity contribution is -0.122. The Kier molecular flexibility index (Phi) is 7.75. The van der Waals surface area contributed by atoms with E-state index < -0.39 is 0 Å². The molecule has 0 unspecified atom stereocenters. The Morgan fingerprint density at radius 3 is 2.73 bits per heavy atom. The number of nitrogen functional groups attached to an aromatic ring is 1. The van der Waals surface area contributed by atoms with Crippen molar-refractivity contribution in [2.75, 3.05) is 11.1 Å². The summed E-state index contributed by atoms with van der Waals surface area (Å²) in [5, 5.41) is 12.1. The molecule has 6 rings (SSSR count). The van der Waals surface area contributed by atoms with Gasteiger partial charge in [0, 0.05) is 41.5 Å². The monoisotopic (exact) mass is 549 g/mol. The Labute approximate surface area is 239 Å². The fourth-order valence-corrected chi connectivity index (χ4v) is 5.96. The summed E-state index contributed by atoms with van der Waals surface area (Å²) in [6.07, 6.45) is 16.1. The molecule has 9 heteroatoms. The third-order valence-corrected chi connectivity index (χ3v) is 8.04. The molecule has 9 nitrogen and oxygen atoms in total. The maximum Gasteiger partial charge on any atom is 0.256 e. The summed E-state index contributed by atoms with van der Waals surface area (Å²) in [4.78, 5) is 34.1. The molecule has 4 heterocycles. The number of carbonyl (C=O) groups is 2. The van der Waals surface area contributed by atoms with Crippen molar-refractivity contribution in [3.05, 3.63) is 72.1 Å². The van der Waals surface area contributed by atoms with Crippen LogP contribution in [0, 0.1) is 0 Å². The minimum Gasteiger partial charge on any atom is -0.383 e. The molecule has 4 aromatic rings. The van der Waals surface area contributed by atoms with Crippen molar-refractivity contribution in [3.8, 4) is 11.3 Å². The van der Waals surface area contributed by atoms with Crippen LogP contribution in [0.15, 0.2) is 60.9 Å². The number of allylic oxidation sites excluding steroid dienone is 1. The molecule has 2 atom stereocenters. The average molecular weight is 550 g/mol. The SMILES string of the molecule is Nc1ncc2c3c1c(-c1ccc(C(=O)Nc4ccccn4)cc1)nn3[C@@H]1CCC[C@H](C1)NC(=O)CCCCCC=C2. The van der Waals surface area contributed by atoms with E-state index in [1.165, 1.54) is 0 Å². The second kappa shape index (κ2) is 11.9. The Bertz CT molecular complexity index is 1580. The number of aromatic nitrogens is 4. The van der Waals surface area contributed by atoms with Crippen LogP contribution in [0.5, 0.6) is 0 Å². The number of nitrogens with zero attached hydrogens (tertiary/aromatic N) is 4. The van der Waals surface area contributed by atoms with E-state index in [1.54, 1.807) is 30.5 Å². The summed E-state index contributed by atoms with van der Waals surface area (Å²) >= 11 is 0. The summed E-state index contributed by atoms with van der Waals surface area (Å²) in [5.41, 5.74) is 10.6. The van der Waals surface area contributed by atoms with E-state index in [0.29, 0.717) is 23.6 Å². The van der Waals surface area contributed by atoms with Crippen LogP contribution in [0.25, 0.3) is 28.2 Å². The fraction of sp³-hybridized carbons (Fsp3) is 0.344. The summed E-state index contributed by atoms with van der Waals surface area (Å²) in [6.45, 7) is 0. The number of nitrogens with one attached hydrogen (secondary N) is 2. The van der Waals surface area contributed by atoms with Gasteiger partial charge in [-0.05, 0) is 69.2 Å². The number of fused-ring (bicyclic) bond motifs is 3. The quantitative estimate of drug-likeness (QED) is 0.292. The van der Waals surface area contributed by atoms with Crippen LogP contribution in [0.4, 0.5) is 11.6 Å². The highest BCUT2D eigenvalue weighted by molar-refractivity contribution is 6.06. The van der Waals surface area contributed by atoms with Gasteiger partial charge in [-0.3, -0.25) is 14.3 Å². The Morgan fingerprint density at radius 1 is 1.02 bits per heavy atom.